The lowest BCUT2D eigenvalue weighted by atomic mass is 9.87. The van der Waals surface area contributed by atoms with Crippen LogP contribution in [0, 0.1) is 0 Å². The van der Waals surface area contributed by atoms with E-state index in [2.05, 4.69) is 4.90 Å². The maximum atomic E-state index is 12.0. The third kappa shape index (κ3) is 1.47. The standard InChI is InChI=1S/C9H17NO3S/c11-7-8-14(12,13)9-1-4-10(5-2-9)6-3-9/h11H,1-8H2. The summed E-state index contributed by atoms with van der Waals surface area (Å²) in [4.78, 5) is 2.32. The van der Waals surface area contributed by atoms with Crippen LogP contribution in [0.3, 0.4) is 0 Å². The molecule has 2 bridgehead atoms. The van der Waals surface area contributed by atoms with Gasteiger partial charge in [-0.05, 0) is 38.9 Å². The van der Waals surface area contributed by atoms with E-state index in [1.165, 1.54) is 0 Å². The number of nitrogens with zero attached hydrogens (tertiary/aromatic N) is 1. The minimum absolute atomic E-state index is 0.0625. The van der Waals surface area contributed by atoms with Crippen molar-refractivity contribution in [1.82, 2.24) is 4.90 Å². The second-order valence-electron chi connectivity index (χ2n) is 4.32. The lowest BCUT2D eigenvalue weighted by Crippen LogP contribution is -2.57. The van der Waals surface area contributed by atoms with Gasteiger partial charge in [-0.15, -0.1) is 0 Å². The van der Waals surface area contributed by atoms with E-state index in [0.717, 1.165) is 38.9 Å². The average molecular weight is 219 g/mol. The first-order valence-corrected chi connectivity index (χ1v) is 6.80. The fourth-order valence-electron chi connectivity index (χ4n) is 2.60. The molecule has 5 heteroatoms. The number of rotatable bonds is 3. The van der Waals surface area contributed by atoms with Crippen LogP contribution in [0.15, 0.2) is 0 Å². The highest BCUT2D eigenvalue weighted by molar-refractivity contribution is 7.92. The van der Waals surface area contributed by atoms with Crippen molar-refractivity contribution in [3.8, 4) is 0 Å². The van der Waals surface area contributed by atoms with Gasteiger partial charge in [-0.2, -0.15) is 0 Å². The first-order chi connectivity index (χ1) is 6.60. The SMILES string of the molecule is O=S(=O)(CCO)C12CCN(CC1)CC2. The van der Waals surface area contributed by atoms with Gasteiger partial charge in [-0.3, -0.25) is 0 Å². The van der Waals surface area contributed by atoms with Crippen LogP contribution in [0.1, 0.15) is 19.3 Å². The van der Waals surface area contributed by atoms with Crippen LogP contribution in [0.25, 0.3) is 0 Å². The fraction of sp³-hybridized carbons (Fsp3) is 1.00. The predicted molar refractivity (Wildman–Crippen MR) is 53.9 cm³/mol. The van der Waals surface area contributed by atoms with Crippen molar-refractivity contribution in [3.05, 3.63) is 0 Å². The third-order valence-corrected chi connectivity index (χ3v) is 6.32. The molecule has 3 heterocycles. The molecule has 0 spiro atoms. The molecule has 3 aliphatic rings. The lowest BCUT2D eigenvalue weighted by molar-refractivity contribution is 0.125. The zero-order chi connectivity index (χ0) is 10.2. The predicted octanol–water partition coefficient (Wildman–Crippen LogP) is -0.368. The molecule has 3 saturated heterocycles. The number of aliphatic hydroxyl groups excluding tert-OH is 1. The number of hydrogen-bond donors (Lipinski definition) is 1. The van der Waals surface area contributed by atoms with Crippen LogP contribution in [0.2, 0.25) is 0 Å². The summed E-state index contributed by atoms with van der Waals surface area (Å²) in [5, 5.41) is 8.77. The summed E-state index contributed by atoms with van der Waals surface area (Å²) >= 11 is 0. The van der Waals surface area contributed by atoms with E-state index in [1.54, 1.807) is 0 Å². The Bertz CT molecular complexity index is 290. The smallest absolute Gasteiger partial charge is 0.158 e. The van der Waals surface area contributed by atoms with Gasteiger partial charge in [0.1, 0.15) is 0 Å². The largest absolute Gasteiger partial charge is 0.395 e. The van der Waals surface area contributed by atoms with Gasteiger partial charge in [0, 0.05) is 0 Å². The highest BCUT2D eigenvalue weighted by Crippen LogP contribution is 2.38. The first kappa shape index (κ1) is 10.4. The van der Waals surface area contributed by atoms with E-state index in [9.17, 15) is 8.42 Å². The van der Waals surface area contributed by atoms with E-state index >= 15 is 0 Å². The van der Waals surface area contributed by atoms with E-state index in [1.807, 2.05) is 0 Å². The van der Waals surface area contributed by atoms with Crippen LogP contribution >= 0.6 is 0 Å². The molecule has 14 heavy (non-hydrogen) atoms. The highest BCUT2D eigenvalue weighted by Gasteiger charge is 2.48. The Morgan fingerprint density at radius 2 is 1.64 bits per heavy atom. The number of piperidine rings is 3. The molecule has 3 aliphatic heterocycles. The molecule has 0 radical (unpaired) electrons. The van der Waals surface area contributed by atoms with E-state index in [0.29, 0.717) is 0 Å². The van der Waals surface area contributed by atoms with Crippen molar-refractivity contribution in [3.63, 3.8) is 0 Å². The molecule has 0 aromatic carbocycles. The second kappa shape index (κ2) is 3.47. The molecule has 1 N–H and O–H groups in total. The van der Waals surface area contributed by atoms with Crippen molar-refractivity contribution in [2.24, 2.45) is 0 Å². The van der Waals surface area contributed by atoms with Gasteiger partial charge in [-0.25, -0.2) is 8.42 Å². The van der Waals surface area contributed by atoms with Crippen LogP contribution < -0.4 is 0 Å². The molecule has 3 fully saturated rings. The van der Waals surface area contributed by atoms with Crippen molar-refractivity contribution in [2.75, 3.05) is 32.0 Å². The van der Waals surface area contributed by atoms with E-state index in [4.69, 9.17) is 5.11 Å². The van der Waals surface area contributed by atoms with Crippen molar-refractivity contribution >= 4 is 9.84 Å². The summed E-state index contributed by atoms with van der Waals surface area (Å²) in [7, 11) is -3.08. The molecular formula is C9H17NO3S. The van der Waals surface area contributed by atoms with Crippen molar-refractivity contribution < 1.29 is 13.5 Å². The highest BCUT2D eigenvalue weighted by atomic mass is 32.2. The Hall–Kier alpha value is -0.130. The van der Waals surface area contributed by atoms with Crippen LogP contribution in [0.5, 0.6) is 0 Å². The summed E-state index contributed by atoms with van der Waals surface area (Å²) in [5.74, 6) is -0.0625. The zero-order valence-corrected chi connectivity index (χ0v) is 9.09. The number of fused-ring (bicyclic) bond motifs is 3. The van der Waals surface area contributed by atoms with Gasteiger partial charge in [0.25, 0.3) is 0 Å². The first-order valence-electron chi connectivity index (χ1n) is 5.15. The summed E-state index contributed by atoms with van der Waals surface area (Å²) in [6, 6.07) is 0. The molecule has 0 atom stereocenters. The molecule has 4 nitrogen and oxygen atoms in total. The summed E-state index contributed by atoms with van der Waals surface area (Å²) in [6.45, 7) is 2.48. The van der Waals surface area contributed by atoms with E-state index in [-0.39, 0.29) is 12.4 Å². The van der Waals surface area contributed by atoms with Gasteiger partial charge in [0.2, 0.25) is 0 Å². The van der Waals surface area contributed by atoms with Crippen LogP contribution in [0.4, 0.5) is 0 Å². The molecular weight excluding hydrogens is 202 g/mol. The molecule has 0 aromatic heterocycles. The Balaban J connectivity index is 2.22. The van der Waals surface area contributed by atoms with Gasteiger partial charge in [0.15, 0.2) is 9.84 Å². The van der Waals surface area contributed by atoms with Gasteiger partial charge >= 0.3 is 0 Å². The van der Waals surface area contributed by atoms with Gasteiger partial charge in [-0.1, -0.05) is 0 Å². The number of sulfone groups is 1. The minimum Gasteiger partial charge on any atom is -0.395 e. The Kier molecular flexibility index (Phi) is 2.57. The Morgan fingerprint density at radius 3 is 2.07 bits per heavy atom. The van der Waals surface area contributed by atoms with Crippen molar-refractivity contribution in [2.45, 2.75) is 24.0 Å². The topological polar surface area (TPSA) is 57.6 Å². The third-order valence-electron chi connectivity index (χ3n) is 3.67. The lowest BCUT2D eigenvalue weighted by Gasteiger charge is -2.47. The normalized spacial score (nSPS) is 37.4. The Morgan fingerprint density at radius 1 is 1.14 bits per heavy atom. The molecule has 0 aromatic rings. The average Bonchev–Trinajstić information content (AvgIpc) is 2.20. The molecule has 0 amide bonds. The monoisotopic (exact) mass is 219 g/mol. The molecule has 82 valence electrons. The fourth-order valence-corrected chi connectivity index (χ4v) is 4.48. The van der Waals surface area contributed by atoms with Gasteiger partial charge in [0.05, 0.1) is 17.1 Å². The summed E-state index contributed by atoms with van der Waals surface area (Å²) in [5.41, 5.74) is 0. The molecule has 0 aliphatic carbocycles. The quantitative estimate of drug-likeness (QED) is 0.704. The summed E-state index contributed by atoms with van der Waals surface area (Å²) in [6.07, 6.45) is 2.28. The Labute approximate surface area is 84.8 Å². The maximum absolute atomic E-state index is 12.0. The summed E-state index contributed by atoms with van der Waals surface area (Å²) < 4.78 is 23.5. The van der Waals surface area contributed by atoms with Gasteiger partial charge < -0.3 is 10.0 Å². The maximum Gasteiger partial charge on any atom is 0.158 e. The van der Waals surface area contributed by atoms with Crippen LogP contribution in [-0.4, -0.2) is 55.2 Å². The number of hydrogen-bond acceptors (Lipinski definition) is 4. The van der Waals surface area contributed by atoms with E-state index < -0.39 is 14.6 Å². The zero-order valence-electron chi connectivity index (χ0n) is 8.28. The molecule has 0 unspecified atom stereocenters. The molecule has 0 saturated carbocycles. The van der Waals surface area contributed by atoms with Crippen LogP contribution in [-0.2, 0) is 9.84 Å². The molecule has 3 rings (SSSR count). The second-order valence-corrected chi connectivity index (χ2v) is 6.82. The number of aliphatic hydroxyl groups is 1. The van der Waals surface area contributed by atoms with Crippen molar-refractivity contribution in [1.29, 1.82) is 0 Å². The minimum atomic E-state index is -3.08.